The van der Waals surface area contributed by atoms with Gasteiger partial charge >= 0.3 is 0 Å². The van der Waals surface area contributed by atoms with Crippen LogP contribution in [-0.4, -0.2) is 36.2 Å². The van der Waals surface area contributed by atoms with E-state index in [4.69, 9.17) is 10.00 Å². The highest BCUT2D eigenvalue weighted by Crippen LogP contribution is 2.31. The highest BCUT2D eigenvalue weighted by Gasteiger charge is 2.35. The van der Waals surface area contributed by atoms with E-state index in [0.717, 1.165) is 19.5 Å². The van der Waals surface area contributed by atoms with E-state index in [1.807, 2.05) is 0 Å². The fourth-order valence-electron chi connectivity index (χ4n) is 3.02. The SMILES string of the molecule is CC1CN(C2CCCC2C#N)CC(C)O1. The van der Waals surface area contributed by atoms with E-state index in [9.17, 15) is 0 Å². The van der Waals surface area contributed by atoms with Crippen LogP contribution in [-0.2, 0) is 4.74 Å². The van der Waals surface area contributed by atoms with Crippen LogP contribution in [0.4, 0.5) is 0 Å². The van der Waals surface area contributed by atoms with Crippen molar-refractivity contribution >= 4 is 0 Å². The zero-order valence-corrected chi connectivity index (χ0v) is 9.65. The van der Waals surface area contributed by atoms with Crippen LogP contribution < -0.4 is 0 Å². The van der Waals surface area contributed by atoms with Crippen molar-refractivity contribution in [1.29, 1.82) is 5.26 Å². The van der Waals surface area contributed by atoms with Gasteiger partial charge in [-0.1, -0.05) is 6.42 Å². The summed E-state index contributed by atoms with van der Waals surface area (Å²) in [5.41, 5.74) is 0. The maximum absolute atomic E-state index is 9.09. The van der Waals surface area contributed by atoms with Gasteiger partial charge in [-0.2, -0.15) is 5.26 Å². The lowest BCUT2D eigenvalue weighted by atomic mass is 10.0. The summed E-state index contributed by atoms with van der Waals surface area (Å²) >= 11 is 0. The smallest absolute Gasteiger partial charge is 0.0678 e. The van der Waals surface area contributed by atoms with Gasteiger partial charge in [0.05, 0.1) is 24.2 Å². The maximum Gasteiger partial charge on any atom is 0.0678 e. The molecule has 2 rings (SSSR count). The first kappa shape index (κ1) is 10.9. The lowest BCUT2D eigenvalue weighted by molar-refractivity contribution is -0.0823. The van der Waals surface area contributed by atoms with E-state index < -0.39 is 0 Å². The predicted octanol–water partition coefficient (Wildman–Crippen LogP) is 1.79. The monoisotopic (exact) mass is 208 g/mol. The molecule has 1 heterocycles. The summed E-state index contributed by atoms with van der Waals surface area (Å²) in [6, 6.07) is 2.95. The van der Waals surface area contributed by atoms with E-state index >= 15 is 0 Å². The second-order valence-electron chi connectivity index (χ2n) is 4.95. The van der Waals surface area contributed by atoms with Crippen molar-refractivity contribution in [2.24, 2.45) is 5.92 Å². The van der Waals surface area contributed by atoms with Crippen molar-refractivity contribution in [2.45, 2.75) is 51.4 Å². The van der Waals surface area contributed by atoms with E-state index in [-0.39, 0.29) is 5.92 Å². The van der Waals surface area contributed by atoms with Gasteiger partial charge < -0.3 is 4.74 Å². The van der Waals surface area contributed by atoms with Gasteiger partial charge in [-0.05, 0) is 26.7 Å². The molecule has 0 radical (unpaired) electrons. The Kier molecular flexibility index (Phi) is 3.28. The summed E-state index contributed by atoms with van der Waals surface area (Å²) in [7, 11) is 0. The van der Waals surface area contributed by atoms with Crippen molar-refractivity contribution < 1.29 is 4.74 Å². The molecule has 1 saturated carbocycles. The lowest BCUT2D eigenvalue weighted by Gasteiger charge is -2.39. The average Bonchev–Trinajstić information content (AvgIpc) is 2.63. The number of ether oxygens (including phenoxy) is 1. The Morgan fingerprint density at radius 3 is 2.47 bits per heavy atom. The minimum absolute atomic E-state index is 0.252. The first-order chi connectivity index (χ1) is 7.20. The summed E-state index contributed by atoms with van der Waals surface area (Å²) in [6.07, 6.45) is 4.12. The molecule has 2 aliphatic rings. The summed E-state index contributed by atoms with van der Waals surface area (Å²) in [6.45, 7) is 6.23. The minimum atomic E-state index is 0.252. The van der Waals surface area contributed by atoms with Gasteiger partial charge in [0.15, 0.2) is 0 Å². The van der Waals surface area contributed by atoms with Gasteiger partial charge in [0.2, 0.25) is 0 Å². The van der Waals surface area contributed by atoms with Gasteiger partial charge in [-0.15, -0.1) is 0 Å². The summed E-state index contributed by atoms with van der Waals surface area (Å²) in [5, 5.41) is 9.09. The molecule has 0 amide bonds. The first-order valence-electron chi connectivity index (χ1n) is 6.00. The van der Waals surface area contributed by atoms with Crippen molar-refractivity contribution in [3.63, 3.8) is 0 Å². The van der Waals surface area contributed by atoms with Gasteiger partial charge in [0, 0.05) is 19.1 Å². The minimum Gasteiger partial charge on any atom is -0.373 e. The van der Waals surface area contributed by atoms with Crippen LogP contribution in [0.25, 0.3) is 0 Å². The van der Waals surface area contributed by atoms with E-state index in [1.54, 1.807) is 0 Å². The van der Waals surface area contributed by atoms with Crippen LogP contribution >= 0.6 is 0 Å². The molecular formula is C12H20N2O. The largest absolute Gasteiger partial charge is 0.373 e. The van der Waals surface area contributed by atoms with Crippen LogP contribution in [0.5, 0.6) is 0 Å². The Hall–Kier alpha value is -0.590. The number of morpholine rings is 1. The fraction of sp³-hybridized carbons (Fsp3) is 0.917. The number of rotatable bonds is 1. The third kappa shape index (κ3) is 2.32. The summed E-state index contributed by atoms with van der Waals surface area (Å²) < 4.78 is 5.72. The van der Waals surface area contributed by atoms with Crippen LogP contribution in [0.15, 0.2) is 0 Å². The molecule has 4 atom stereocenters. The molecule has 0 aromatic carbocycles. The summed E-state index contributed by atoms with van der Waals surface area (Å²) in [4.78, 5) is 2.47. The summed E-state index contributed by atoms with van der Waals surface area (Å²) in [5.74, 6) is 0.252. The van der Waals surface area contributed by atoms with Gasteiger partial charge in [0.25, 0.3) is 0 Å². The molecule has 1 aliphatic heterocycles. The topological polar surface area (TPSA) is 36.3 Å². The quantitative estimate of drug-likeness (QED) is 0.659. The van der Waals surface area contributed by atoms with Gasteiger partial charge in [-0.25, -0.2) is 0 Å². The van der Waals surface area contributed by atoms with Crippen LogP contribution in [0.1, 0.15) is 33.1 Å². The Balaban J connectivity index is 2.00. The zero-order chi connectivity index (χ0) is 10.8. The second-order valence-corrected chi connectivity index (χ2v) is 4.95. The van der Waals surface area contributed by atoms with E-state index in [2.05, 4.69) is 24.8 Å². The average molecular weight is 208 g/mol. The molecule has 3 nitrogen and oxygen atoms in total. The fourth-order valence-corrected chi connectivity index (χ4v) is 3.02. The molecule has 2 fully saturated rings. The third-order valence-corrected chi connectivity index (χ3v) is 3.56. The highest BCUT2D eigenvalue weighted by atomic mass is 16.5. The molecule has 0 bridgehead atoms. The predicted molar refractivity (Wildman–Crippen MR) is 58.3 cm³/mol. The molecule has 3 heteroatoms. The van der Waals surface area contributed by atoms with Gasteiger partial charge in [0.1, 0.15) is 0 Å². The van der Waals surface area contributed by atoms with Crippen LogP contribution in [0.3, 0.4) is 0 Å². The second kappa shape index (κ2) is 4.51. The molecular weight excluding hydrogens is 188 g/mol. The lowest BCUT2D eigenvalue weighted by Crippen LogP contribution is -2.50. The highest BCUT2D eigenvalue weighted by molar-refractivity contribution is 4.98. The molecule has 0 aromatic heterocycles. The zero-order valence-electron chi connectivity index (χ0n) is 9.65. The molecule has 4 unspecified atom stereocenters. The van der Waals surface area contributed by atoms with E-state index in [0.29, 0.717) is 18.2 Å². The molecule has 1 saturated heterocycles. The van der Waals surface area contributed by atoms with Crippen molar-refractivity contribution in [3.05, 3.63) is 0 Å². The Morgan fingerprint density at radius 1 is 1.20 bits per heavy atom. The molecule has 15 heavy (non-hydrogen) atoms. The van der Waals surface area contributed by atoms with Crippen molar-refractivity contribution in [1.82, 2.24) is 4.90 Å². The number of nitrogens with zero attached hydrogens (tertiary/aromatic N) is 2. The number of hydrogen-bond donors (Lipinski definition) is 0. The van der Waals surface area contributed by atoms with Crippen LogP contribution in [0.2, 0.25) is 0 Å². The van der Waals surface area contributed by atoms with E-state index in [1.165, 1.54) is 12.8 Å². The molecule has 1 aliphatic carbocycles. The molecule has 0 aromatic rings. The number of nitriles is 1. The third-order valence-electron chi connectivity index (χ3n) is 3.56. The Bertz CT molecular complexity index is 251. The Morgan fingerprint density at radius 2 is 1.87 bits per heavy atom. The molecule has 0 N–H and O–H groups in total. The molecule has 0 spiro atoms. The molecule has 84 valence electrons. The Labute approximate surface area is 92.0 Å². The van der Waals surface area contributed by atoms with Crippen LogP contribution in [0, 0.1) is 17.2 Å². The standard InChI is InChI=1S/C12H20N2O/c1-9-7-14(8-10(2)15-9)12-5-3-4-11(12)6-13/h9-12H,3-5,7-8H2,1-2H3. The van der Waals surface area contributed by atoms with Gasteiger partial charge in [-0.3, -0.25) is 4.90 Å². The number of hydrogen-bond acceptors (Lipinski definition) is 3. The first-order valence-corrected chi connectivity index (χ1v) is 6.00. The van der Waals surface area contributed by atoms with Crippen molar-refractivity contribution in [2.75, 3.05) is 13.1 Å². The normalized spacial score (nSPS) is 42.7. The maximum atomic E-state index is 9.09. The van der Waals surface area contributed by atoms with Crippen molar-refractivity contribution in [3.8, 4) is 6.07 Å².